The van der Waals surface area contributed by atoms with Crippen molar-refractivity contribution in [3.8, 4) is 0 Å². The number of benzene rings is 1. The zero-order valence-electron chi connectivity index (χ0n) is 16.4. The smallest absolute Gasteiger partial charge is 0.118 e. The van der Waals surface area contributed by atoms with Gasteiger partial charge in [0.15, 0.2) is 0 Å². The molecule has 4 heteroatoms. The van der Waals surface area contributed by atoms with Gasteiger partial charge < -0.3 is 9.40 Å². The Labute approximate surface area is 165 Å². The van der Waals surface area contributed by atoms with Crippen LogP contribution in [0.4, 0.5) is 0 Å². The first-order chi connectivity index (χ1) is 13.7. The van der Waals surface area contributed by atoms with E-state index in [9.17, 15) is 0 Å². The molecule has 0 amide bonds. The minimum absolute atomic E-state index is 0.103. The summed E-state index contributed by atoms with van der Waals surface area (Å²) in [5.41, 5.74) is 6.04. The van der Waals surface area contributed by atoms with Gasteiger partial charge in [-0.25, -0.2) is 0 Å². The van der Waals surface area contributed by atoms with E-state index in [1.807, 2.05) is 0 Å². The first-order valence-corrected chi connectivity index (χ1v) is 10.1. The van der Waals surface area contributed by atoms with Crippen LogP contribution in [0.15, 0.2) is 59.0 Å². The number of aryl methyl sites for hydroxylation is 2. The highest BCUT2D eigenvalue weighted by molar-refractivity contribution is 5.85. The second-order valence-corrected chi connectivity index (χ2v) is 7.61. The van der Waals surface area contributed by atoms with Crippen LogP contribution < -0.4 is 0 Å². The Morgan fingerprint density at radius 3 is 2.75 bits per heavy atom. The predicted octanol–water partition coefficient (Wildman–Crippen LogP) is 5.17. The number of hydrogen-bond acceptors (Lipinski definition) is 3. The lowest BCUT2D eigenvalue weighted by Gasteiger charge is -2.35. The molecule has 0 fully saturated rings. The summed E-state index contributed by atoms with van der Waals surface area (Å²) < 4.78 is 6.02. The zero-order valence-corrected chi connectivity index (χ0v) is 16.4. The average molecular weight is 371 g/mol. The molecule has 28 heavy (non-hydrogen) atoms. The highest BCUT2D eigenvalue weighted by Gasteiger charge is 2.33. The molecule has 0 spiro atoms. The molecule has 1 unspecified atom stereocenters. The molecule has 1 aliphatic heterocycles. The van der Waals surface area contributed by atoms with Gasteiger partial charge in [-0.1, -0.05) is 31.2 Å². The normalized spacial score (nSPS) is 17.1. The molecule has 0 saturated heterocycles. The topological polar surface area (TPSA) is 45.1 Å². The third-order valence-corrected chi connectivity index (χ3v) is 5.75. The van der Waals surface area contributed by atoms with Crippen molar-refractivity contribution >= 4 is 10.9 Å². The maximum absolute atomic E-state index is 6.02. The van der Waals surface area contributed by atoms with Gasteiger partial charge in [-0.3, -0.25) is 9.88 Å². The predicted molar refractivity (Wildman–Crippen MR) is 111 cm³/mol. The SMILES string of the molecule is CCc1ccc(CN2CCc3c([nH]c4ccccc34)C2c2cccc(C)n2)o1. The number of nitrogens with zero attached hydrogens (tertiary/aromatic N) is 2. The summed E-state index contributed by atoms with van der Waals surface area (Å²) in [7, 11) is 0. The maximum Gasteiger partial charge on any atom is 0.118 e. The summed E-state index contributed by atoms with van der Waals surface area (Å²) in [6, 6.07) is 19.2. The summed E-state index contributed by atoms with van der Waals surface area (Å²) in [5, 5.41) is 1.33. The van der Waals surface area contributed by atoms with Gasteiger partial charge in [0.1, 0.15) is 11.5 Å². The summed E-state index contributed by atoms with van der Waals surface area (Å²) in [4.78, 5) is 11.1. The molecule has 5 rings (SSSR count). The number of aromatic amines is 1. The molecule has 4 heterocycles. The van der Waals surface area contributed by atoms with Crippen LogP contribution in [0, 0.1) is 6.92 Å². The van der Waals surface area contributed by atoms with Crippen LogP contribution in [0.3, 0.4) is 0 Å². The van der Waals surface area contributed by atoms with E-state index in [2.05, 4.69) is 78.3 Å². The van der Waals surface area contributed by atoms with E-state index in [0.717, 1.165) is 48.8 Å². The monoisotopic (exact) mass is 371 g/mol. The molecule has 1 aromatic carbocycles. The van der Waals surface area contributed by atoms with Gasteiger partial charge in [-0.15, -0.1) is 0 Å². The summed E-state index contributed by atoms with van der Waals surface area (Å²) >= 11 is 0. The van der Waals surface area contributed by atoms with Crippen molar-refractivity contribution in [3.63, 3.8) is 0 Å². The Hall–Kier alpha value is -2.85. The van der Waals surface area contributed by atoms with Crippen LogP contribution in [0.1, 0.15) is 47.1 Å². The van der Waals surface area contributed by atoms with Crippen molar-refractivity contribution in [2.24, 2.45) is 0 Å². The molecule has 0 aliphatic carbocycles. The Morgan fingerprint density at radius 2 is 1.93 bits per heavy atom. The minimum Gasteiger partial charge on any atom is -0.465 e. The summed E-state index contributed by atoms with van der Waals surface area (Å²) in [6.45, 7) is 5.95. The van der Waals surface area contributed by atoms with Crippen molar-refractivity contribution in [2.75, 3.05) is 6.54 Å². The van der Waals surface area contributed by atoms with E-state index in [4.69, 9.17) is 9.40 Å². The van der Waals surface area contributed by atoms with Crippen molar-refractivity contribution in [2.45, 2.75) is 39.3 Å². The van der Waals surface area contributed by atoms with Crippen LogP contribution in [-0.2, 0) is 19.4 Å². The number of para-hydroxylation sites is 1. The second kappa shape index (κ2) is 6.95. The highest BCUT2D eigenvalue weighted by atomic mass is 16.3. The van der Waals surface area contributed by atoms with E-state index in [-0.39, 0.29) is 6.04 Å². The first kappa shape index (κ1) is 17.3. The second-order valence-electron chi connectivity index (χ2n) is 7.61. The summed E-state index contributed by atoms with van der Waals surface area (Å²) in [6.07, 6.45) is 1.96. The third-order valence-electron chi connectivity index (χ3n) is 5.75. The van der Waals surface area contributed by atoms with Crippen LogP contribution in [0.5, 0.6) is 0 Å². The quantitative estimate of drug-likeness (QED) is 0.538. The Kier molecular flexibility index (Phi) is 4.29. The van der Waals surface area contributed by atoms with Crippen LogP contribution in [0.2, 0.25) is 0 Å². The van der Waals surface area contributed by atoms with E-state index in [0.29, 0.717) is 0 Å². The Bertz CT molecular complexity index is 1120. The zero-order chi connectivity index (χ0) is 19.1. The Morgan fingerprint density at radius 1 is 1.07 bits per heavy atom. The molecular formula is C24H25N3O. The molecule has 4 nitrogen and oxygen atoms in total. The molecule has 0 radical (unpaired) electrons. The van der Waals surface area contributed by atoms with Crippen molar-refractivity contribution in [3.05, 3.63) is 88.8 Å². The van der Waals surface area contributed by atoms with Crippen molar-refractivity contribution in [1.29, 1.82) is 0 Å². The van der Waals surface area contributed by atoms with Crippen molar-refractivity contribution in [1.82, 2.24) is 14.9 Å². The third kappa shape index (κ3) is 2.94. The van der Waals surface area contributed by atoms with Crippen LogP contribution in [0.25, 0.3) is 10.9 Å². The molecule has 1 N–H and O–H groups in total. The lowest BCUT2D eigenvalue weighted by Crippen LogP contribution is -2.36. The highest BCUT2D eigenvalue weighted by Crippen LogP contribution is 2.38. The average Bonchev–Trinajstić information content (AvgIpc) is 3.31. The van der Waals surface area contributed by atoms with Gasteiger partial charge in [0.05, 0.1) is 18.3 Å². The number of aromatic nitrogens is 2. The van der Waals surface area contributed by atoms with Crippen LogP contribution >= 0.6 is 0 Å². The molecule has 1 aliphatic rings. The molecule has 3 aromatic heterocycles. The number of H-pyrrole nitrogens is 1. The first-order valence-electron chi connectivity index (χ1n) is 10.1. The van der Waals surface area contributed by atoms with Gasteiger partial charge in [0.2, 0.25) is 0 Å². The van der Waals surface area contributed by atoms with E-state index < -0.39 is 0 Å². The molecule has 1 atom stereocenters. The number of pyridine rings is 1. The fourth-order valence-electron chi connectivity index (χ4n) is 4.41. The molecular weight excluding hydrogens is 346 g/mol. The number of furan rings is 1. The summed E-state index contributed by atoms with van der Waals surface area (Å²) in [5.74, 6) is 2.07. The fourth-order valence-corrected chi connectivity index (χ4v) is 4.41. The lowest BCUT2D eigenvalue weighted by atomic mass is 9.94. The molecule has 0 saturated carbocycles. The fraction of sp³-hybridized carbons (Fsp3) is 0.292. The van der Waals surface area contributed by atoms with Gasteiger partial charge in [0.25, 0.3) is 0 Å². The van der Waals surface area contributed by atoms with Crippen molar-refractivity contribution < 1.29 is 4.42 Å². The molecule has 142 valence electrons. The largest absolute Gasteiger partial charge is 0.465 e. The van der Waals surface area contributed by atoms with Crippen LogP contribution in [-0.4, -0.2) is 21.4 Å². The number of rotatable bonds is 4. The lowest BCUT2D eigenvalue weighted by molar-refractivity contribution is 0.182. The number of hydrogen-bond donors (Lipinski definition) is 1. The Balaban J connectivity index is 1.60. The van der Waals surface area contributed by atoms with E-state index in [1.54, 1.807) is 0 Å². The number of nitrogens with one attached hydrogen (secondary N) is 1. The van der Waals surface area contributed by atoms with Gasteiger partial charge in [0, 0.05) is 35.3 Å². The van der Waals surface area contributed by atoms with Gasteiger partial charge in [-0.2, -0.15) is 0 Å². The molecule has 0 bridgehead atoms. The van der Waals surface area contributed by atoms with E-state index in [1.165, 1.54) is 22.2 Å². The van der Waals surface area contributed by atoms with E-state index >= 15 is 0 Å². The van der Waals surface area contributed by atoms with Gasteiger partial charge in [-0.05, 0) is 49.2 Å². The van der Waals surface area contributed by atoms with Gasteiger partial charge >= 0.3 is 0 Å². The minimum atomic E-state index is 0.103. The maximum atomic E-state index is 6.02. The molecule has 4 aromatic rings. The number of fused-ring (bicyclic) bond motifs is 3. The standard InChI is InChI=1S/C24H25N3O/c1-3-17-11-12-18(28-17)15-27-14-13-20-19-8-4-5-9-21(19)26-23(20)24(27)22-10-6-7-16(2)25-22/h4-12,24,26H,3,13-15H2,1-2H3.